The molecule has 216 valence electrons. The lowest BCUT2D eigenvalue weighted by atomic mass is 9.83. The number of allylic oxidation sites excluding steroid dienone is 5. The summed E-state index contributed by atoms with van der Waals surface area (Å²) in [4.78, 5) is 16.1. The number of aromatic nitrogens is 2. The van der Waals surface area contributed by atoms with Crippen LogP contribution in [0.15, 0.2) is 97.4 Å². The zero-order valence-electron chi connectivity index (χ0n) is 24.2. The van der Waals surface area contributed by atoms with Crippen molar-refractivity contribution in [3.8, 4) is 17.0 Å². The Hall–Kier alpha value is -4.45. The monoisotopic (exact) mass is 564 g/mol. The summed E-state index contributed by atoms with van der Waals surface area (Å²) >= 11 is 0. The van der Waals surface area contributed by atoms with Gasteiger partial charge in [-0.2, -0.15) is 0 Å². The van der Waals surface area contributed by atoms with Gasteiger partial charge in [-0.3, -0.25) is 9.20 Å². The number of hydrogen-bond donors (Lipinski definition) is 0. The van der Waals surface area contributed by atoms with Gasteiger partial charge in [0, 0.05) is 18.2 Å². The van der Waals surface area contributed by atoms with Crippen LogP contribution in [0.2, 0.25) is 0 Å². The summed E-state index contributed by atoms with van der Waals surface area (Å²) in [5, 5.41) is 0. The molecular weight excluding hydrogens is 527 g/mol. The molecule has 2 aromatic carbocycles. The highest BCUT2D eigenvalue weighted by Crippen LogP contribution is 2.40. The fraction of sp³-hybridized carbons (Fsp3) is 0.278. The highest BCUT2D eigenvalue weighted by Gasteiger charge is 2.19. The number of nitrogens with zero attached hydrogens (tertiary/aromatic N) is 2. The molecule has 0 radical (unpaired) electrons. The predicted octanol–water partition coefficient (Wildman–Crippen LogP) is 8.85. The number of carbonyl (C=O) groups excluding carboxylic acids is 1. The molecule has 0 bridgehead atoms. The maximum atomic E-state index is 13.7. The van der Waals surface area contributed by atoms with E-state index >= 15 is 0 Å². The van der Waals surface area contributed by atoms with E-state index in [9.17, 15) is 9.18 Å². The van der Waals surface area contributed by atoms with Gasteiger partial charge in [0.05, 0.1) is 25.1 Å². The molecule has 0 atom stereocenters. The molecule has 1 aliphatic carbocycles. The largest absolute Gasteiger partial charge is 0.494 e. The summed E-state index contributed by atoms with van der Waals surface area (Å²) < 4.78 is 26.7. The standard InChI is InChI=1S/C36H37FN2O3/c1-3-26-10-9-11-32(36(26)28-13-18-30(37)19-14-28)29-17-22-34-38-24-33(39(34)25-29)27-15-20-31(21-16-27)42-23-8-6-5-7-12-35(40)41-4-2/h3,11,13-22,24-25H,1,4-10,12,23H2,2H3. The fourth-order valence-corrected chi connectivity index (χ4v) is 5.42. The minimum Gasteiger partial charge on any atom is -0.494 e. The van der Waals surface area contributed by atoms with Gasteiger partial charge in [0.1, 0.15) is 17.2 Å². The van der Waals surface area contributed by atoms with Gasteiger partial charge in [0.25, 0.3) is 0 Å². The lowest BCUT2D eigenvalue weighted by Crippen LogP contribution is -2.03. The Kier molecular flexibility index (Phi) is 9.65. The summed E-state index contributed by atoms with van der Waals surface area (Å²) in [5.74, 6) is 0.471. The zero-order chi connectivity index (χ0) is 29.3. The number of benzene rings is 2. The SMILES string of the molecule is C=CC1=C(c2ccc(F)cc2)C(c2ccc3ncc(-c4ccc(OCCCCCCC(=O)OCC)cc4)n3c2)=CCC1. The van der Waals surface area contributed by atoms with Gasteiger partial charge in [0.15, 0.2) is 0 Å². The maximum absolute atomic E-state index is 13.7. The van der Waals surface area contributed by atoms with Crippen LogP contribution < -0.4 is 4.74 Å². The Balaban J connectivity index is 1.27. The van der Waals surface area contributed by atoms with Crippen molar-refractivity contribution >= 4 is 22.8 Å². The fourth-order valence-electron chi connectivity index (χ4n) is 5.42. The molecule has 5 nitrogen and oxygen atoms in total. The molecule has 0 spiro atoms. The quantitative estimate of drug-likeness (QED) is 0.120. The molecule has 0 saturated carbocycles. The van der Waals surface area contributed by atoms with Gasteiger partial charge in [-0.15, -0.1) is 0 Å². The highest BCUT2D eigenvalue weighted by atomic mass is 19.1. The number of carbonyl (C=O) groups is 1. The third kappa shape index (κ3) is 6.88. The normalized spacial score (nSPS) is 13.2. The van der Waals surface area contributed by atoms with Crippen molar-refractivity contribution < 1.29 is 18.7 Å². The van der Waals surface area contributed by atoms with Crippen LogP contribution in [-0.2, 0) is 9.53 Å². The Morgan fingerprint density at radius 2 is 1.71 bits per heavy atom. The molecule has 0 fully saturated rings. The molecule has 1 aliphatic rings. The first-order valence-corrected chi connectivity index (χ1v) is 14.8. The number of rotatable bonds is 13. The van der Waals surface area contributed by atoms with Gasteiger partial charge in [0.2, 0.25) is 0 Å². The van der Waals surface area contributed by atoms with E-state index in [2.05, 4.69) is 46.4 Å². The van der Waals surface area contributed by atoms with Crippen LogP contribution in [0.5, 0.6) is 5.75 Å². The summed E-state index contributed by atoms with van der Waals surface area (Å²) in [5.41, 5.74) is 8.34. The molecule has 0 aliphatic heterocycles. The second kappa shape index (κ2) is 13.9. The van der Waals surface area contributed by atoms with Crippen LogP contribution in [-0.4, -0.2) is 28.6 Å². The summed E-state index contributed by atoms with van der Waals surface area (Å²) in [7, 11) is 0. The van der Waals surface area contributed by atoms with E-state index in [4.69, 9.17) is 9.47 Å². The average Bonchev–Trinajstić information content (AvgIpc) is 3.44. The van der Waals surface area contributed by atoms with Crippen molar-refractivity contribution in [1.82, 2.24) is 9.38 Å². The summed E-state index contributed by atoms with van der Waals surface area (Å²) in [6, 6.07) is 18.9. The molecular formula is C36H37FN2O3. The second-order valence-corrected chi connectivity index (χ2v) is 10.4. The van der Waals surface area contributed by atoms with Crippen molar-refractivity contribution in [2.45, 2.75) is 51.9 Å². The minimum absolute atomic E-state index is 0.115. The molecule has 0 unspecified atom stereocenters. The number of halogens is 1. The number of esters is 1. The zero-order valence-corrected chi connectivity index (χ0v) is 24.2. The molecule has 0 saturated heterocycles. The Bertz CT molecular complexity index is 1600. The van der Waals surface area contributed by atoms with E-state index in [1.807, 2.05) is 49.5 Å². The summed E-state index contributed by atoms with van der Waals surface area (Å²) in [6.45, 7) is 6.97. The first-order valence-electron chi connectivity index (χ1n) is 14.8. The minimum atomic E-state index is -0.246. The number of ether oxygens (including phenoxy) is 2. The summed E-state index contributed by atoms with van der Waals surface area (Å²) in [6.07, 6.45) is 14.3. The van der Waals surface area contributed by atoms with Crippen LogP contribution in [0, 0.1) is 5.82 Å². The molecule has 42 heavy (non-hydrogen) atoms. The molecule has 2 heterocycles. The van der Waals surface area contributed by atoms with E-state index in [0.29, 0.717) is 19.6 Å². The molecule has 6 heteroatoms. The van der Waals surface area contributed by atoms with E-state index in [-0.39, 0.29) is 11.8 Å². The number of pyridine rings is 1. The third-order valence-corrected chi connectivity index (χ3v) is 7.55. The van der Waals surface area contributed by atoms with E-state index in [1.165, 1.54) is 12.1 Å². The van der Waals surface area contributed by atoms with Crippen LogP contribution in [0.4, 0.5) is 4.39 Å². The Morgan fingerprint density at radius 3 is 2.48 bits per heavy atom. The molecule has 0 N–H and O–H groups in total. The molecule has 2 aromatic heterocycles. The molecule has 4 aromatic rings. The van der Waals surface area contributed by atoms with Crippen LogP contribution >= 0.6 is 0 Å². The first-order chi connectivity index (χ1) is 20.6. The van der Waals surface area contributed by atoms with Crippen LogP contribution in [0.3, 0.4) is 0 Å². The lowest BCUT2D eigenvalue weighted by Gasteiger charge is -2.22. The predicted molar refractivity (Wildman–Crippen MR) is 167 cm³/mol. The molecule has 0 amide bonds. The van der Waals surface area contributed by atoms with Crippen molar-refractivity contribution in [2.24, 2.45) is 0 Å². The van der Waals surface area contributed by atoms with Crippen molar-refractivity contribution in [3.63, 3.8) is 0 Å². The van der Waals surface area contributed by atoms with Gasteiger partial charge in [-0.05, 0) is 109 Å². The lowest BCUT2D eigenvalue weighted by molar-refractivity contribution is -0.143. The van der Waals surface area contributed by atoms with Crippen molar-refractivity contribution in [1.29, 1.82) is 0 Å². The van der Waals surface area contributed by atoms with Crippen LogP contribution in [0.25, 0.3) is 28.1 Å². The number of hydrogen-bond acceptors (Lipinski definition) is 4. The highest BCUT2D eigenvalue weighted by molar-refractivity contribution is 6.07. The second-order valence-electron chi connectivity index (χ2n) is 10.4. The van der Waals surface area contributed by atoms with Crippen LogP contribution in [0.1, 0.15) is 63.0 Å². The number of unbranched alkanes of at least 4 members (excludes halogenated alkanes) is 3. The van der Waals surface area contributed by atoms with Gasteiger partial charge in [-0.25, -0.2) is 9.37 Å². The van der Waals surface area contributed by atoms with Gasteiger partial charge < -0.3 is 9.47 Å². The Morgan fingerprint density at radius 1 is 0.976 bits per heavy atom. The third-order valence-electron chi connectivity index (χ3n) is 7.55. The average molecular weight is 565 g/mol. The van der Waals surface area contributed by atoms with Crippen molar-refractivity contribution in [3.05, 3.63) is 114 Å². The van der Waals surface area contributed by atoms with E-state index in [0.717, 1.165) is 89.0 Å². The topological polar surface area (TPSA) is 52.8 Å². The van der Waals surface area contributed by atoms with Crippen molar-refractivity contribution in [2.75, 3.05) is 13.2 Å². The van der Waals surface area contributed by atoms with Gasteiger partial charge in [-0.1, -0.05) is 43.7 Å². The Labute approximate surface area is 247 Å². The first kappa shape index (κ1) is 29.1. The molecule has 5 rings (SSSR count). The van der Waals surface area contributed by atoms with E-state index in [1.54, 1.807) is 0 Å². The number of fused-ring (bicyclic) bond motifs is 1. The van der Waals surface area contributed by atoms with E-state index < -0.39 is 0 Å². The van der Waals surface area contributed by atoms with Gasteiger partial charge >= 0.3 is 5.97 Å². The number of imidazole rings is 1. The smallest absolute Gasteiger partial charge is 0.305 e. The maximum Gasteiger partial charge on any atom is 0.305 e.